The molecule has 0 bridgehead atoms. The second-order valence-electron chi connectivity index (χ2n) is 4.69. The van der Waals surface area contributed by atoms with E-state index in [9.17, 15) is 9.59 Å². The lowest BCUT2D eigenvalue weighted by atomic mass is 10.1. The van der Waals surface area contributed by atoms with E-state index in [-0.39, 0.29) is 18.2 Å². The van der Waals surface area contributed by atoms with Gasteiger partial charge in [0.05, 0.1) is 0 Å². The van der Waals surface area contributed by atoms with E-state index >= 15 is 0 Å². The Morgan fingerprint density at radius 1 is 1.19 bits per heavy atom. The molecule has 2 N–H and O–H groups in total. The third kappa shape index (κ3) is 3.00. The molecule has 1 aromatic carbocycles. The summed E-state index contributed by atoms with van der Waals surface area (Å²) in [5.74, 6) is -0.458. The molecule has 1 aliphatic rings. The van der Waals surface area contributed by atoms with E-state index < -0.39 is 0 Å². The van der Waals surface area contributed by atoms with Crippen molar-refractivity contribution in [3.8, 4) is 5.69 Å². The Morgan fingerprint density at radius 2 is 2.00 bits per heavy atom. The first-order valence-electron chi connectivity index (χ1n) is 6.62. The average molecular weight is 282 g/mol. The number of benzene rings is 1. The van der Waals surface area contributed by atoms with Crippen molar-refractivity contribution in [1.29, 1.82) is 0 Å². The largest absolute Gasteiger partial charge is 0.324 e. The molecule has 0 saturated heterocycles. The van der Waals surface area contributed by atoms with Gasteiger partial charge in [-0.05, 0) is 30.3 Å². The zero-order valence-electron chi connectivity index (χ0n) is 11.2. The molecule has 2 heterocycles. The van der Waals surface area contributed by atoms with Crippen molar-refractivity contribution in [3.63, 3.8) is 0 Å². The molecule has 0 spiro atoms. The smallest absolute Gasteiger partial charge is 0.271 e. The number of carbonyl (C=O) groups is 2. The van der Waals surface area contributed by atoms with Gasteiger partial charge in [0.1, 0.15) is 5.71 Å². The van der Waals surface area contributed by atoms with Gasteiger partial charge < -0.3 is 9.88 Å². The van der Waals surface area contributed by atoms with Crippen LogP contribution in [0.25, 0.3) is 5.69 Å². The summed E-state index contributed by atoms with van der Waals surface area (Å²) in [6.45, 7) is 0. The van der Waals surface area contributed by atoms with Crippen molar-refractivity contribution in [1.82, 2.24) is 9.99 Å². The summed E-state index contributed by atoms with van der Waals surface area (Å²) in [6.07, 6.45) is 4.51. The van der Waals surface area contributed by atoms with Crippen molar-refractivity contribution in [3.05, 3.63) is 48.8 Å². The van der Waals surface area contributed by atoms with Crippen LogP contribution < -0.4 is 10.7 Å². The lowest BCUT2D eigenvalue weighted by molar-refractivity contribution is -0.121. The monoisotopic (exact) mass is 282 g/mol. The summed E-state index contributed by atoms with van der Waals surface area (Å²) in [5.41, 5.74) is 4.29. The molecule has 2 amide bonds. The molecule has 0 radical (unpaired) electrons. The Labute approximate surface area is 121 Å². The summed E-state index contributed by atoms with van der Waals surface area (Å²) in [4.78, 5) is 23.1. The summed E-state index contributed by atoms with van der Waals surface area (Å²) >= 11 is 0. The lowest BCUT2D eigenvalue weighted by Gasteiger charge is -2.12. The fraction of sp³-hybridized carbons (Fsp3) is 0.133. The Morgan fingerprint density at radius 3 is 2.71 bits per heavy atom. The van der Waals surface area contributed by atoms with Crippen LogP contribution in [-0.4, -0.2) is 22.1 Å². The van der Waals surface area contributed by atoms with Crippen molar-refractivity contribution >= 4 is 23.2 Å². The number of hydrogen-bond donors (Lipinski definition) is 2. The van der Waals surface area contributed by atoms with E-state index in [0.29, 0.717) is 17.8 Å². The van der Waals surface area contributed by atoms with E-state index in [1.165, 1.54) is 0 Å². The Kier molecular flexibility index (Phi) is 3.51. The van der Waals surface area contributed by atoms with Crippen LogP contribution in [0.4, 0.5) is 5.69 Å². The second kappa shape index (κ2) is 5.62. The van der Waals surface area contributed by atoms with Crippen molar-refractivity contribution in [2.75, 3.05) is 5.32 Å². The first-order valence-corrected chi connectivity index (χ1v) is 6.62. The molecule has 0 aliphatic carbocycles. The van der Waals surface area contributed by atoms with Crippen LogP contribution in [-0.2, 0) is 9.59 Å². The number of hydrazone groups is 1. The number of hydrogen-bond acceptors (Lipinski definition) is 3. The molecule has 6 nitrogen and oxygen atoms in total. The highest BCUT2D eigenvalue weighted by molar-refractivity contribution is 6.43. The third-order valence-electron chi connectivity index (χ3n) is 3.17. The summed E-state index contributed by atoms with van der Waals surface area (Å²) < 4.78 is 1.95. The number of amides is 2. The molecule has 0 atom stereocenters. The van der Waals surface area contributed by atoms with Gasteiger partial charge in [-0.3, -0.25) is 9.59 Å². The van der Waals surface area contributed by atoms with E-state index in [1.54, 1.807) is 0 Å². The molecule has 0 unspecified atom stereocenters. The topological polar surface area (TPSA) is 75.5 Å². The quantitative estimate of drug-likeness (QED) is 0.898. The maximum absolute atomic E-state index is 12.1. The molecule has 0 saturated carbocycles. The van der Waals surface area contributed by atoms with Gasteiger partial charge in [0.25, 0.3) is 5.91 Å². The molecule has 3 rings (SSSR count). The van der Waals surface area contributed by atoms with E-state index in [0.717, 1.165) is 5.69 Å². The SMILES string of the molecule is O=C1CCC(C(=O)Nc2cccc(-n3cccc3)c2)=NN1. The van der Waals surface area contributed by atoms with Crippen molar-refractivity contribution in [2.45, 2.75) is 12.8 Å². The minimum absolute atomic E-state index is 0.166. The molecule has 1 aromatic heterocycles. The van der Waals surface area contributed by atoms with Crippen LogP contribution in [0.2, 0.25) is 0 Å². The van der Waals surface area contributed by atoms with Crippen LogP contribution in [0, 0.1) is 0 Å². The number of anilines is 1. The molecule has 106 valence electrons. The van der Waals surface area contributed by atoms with E-state index in [4.69, 9.17) is 0 Å². The van der Waals surface area contributed by atoms with E-state index in [2.05, 4.69) is 15.8 Å². The van der Waals surface area contributed by atoms with Crippen LogP contribution in [0.1, 0.15) is 12.8 Å². The Hall–Kier alpha value is -2.89. The van der Waals surface area contributed by atoms with Gasteiger partial charge in [-0.15, -0.1) is 0 Å². The number of nitrogens with zero attached hydrogens (tertiary/aromatic N) is 2. The highest BCUT2D eigenvalue weighted by Gasteiger charge is 2.18. The molecule has 2 aromatic rings. The molecular formula is C15H14N4O2. The maximum atomic E-state index is 12.1. The van der Waals surface area contributed by atoms with Gasteiger partial charge in [0.2, 0.25) is 5.91 Å². The van der Waals surface area contributed by atoms with Gasteiger partial charge in [0, 0.05) is 36.6 Å². The van der Waals surface area contributed by atoms with Crippen LogP contribution in [0.15, 0.2) is 53.9 Å². The summed E-state index contributed by atoms with van der Waals surface area (Å²) in [6, 6.07) is 11.4. The highest BCUT2D eigenvalue weighted by Crippen LogP contribution is 2.15. The fourth-order valence-corrected chi connectivity index (χ4v) is 2.09. The zero-order valence-corrected chi connectivity index (χ0v) is 11.2. The van der Waals surface area contributed by atoms with Crippen molar-refractivity contribution in [2.24, 2.45) is 5.10 Å². The molecule has 6 heteroatoms. The number of aromatic nitrogens is 1. The minimum atomic E-state index is -0.292. The Balaban J connectivity index is 1.75. The highest BCUT2D eigenvalue weighted by atomic mass is 16.2. The predicted octanol–water partition coefficient (Wildman–Crippen LogP) is 1.68. The summed E-state index contributed by atoms with van der Waals surface area (Å²) in [7, 11) is 0. The molecule has 21 heavy (non-hydrogen) atoms. The fourth-order valence-electron chi connectivity index (χ4n) is 2.09. The molecule has 1 aliphatic heterocycles. The number of carbonyl (C=O) groups excluding carboxylic acids is 2. The summed E-state index contributed by atoms with van der Waals surface area (Å²) in [5, 5.41) is 6.57. The minimum Gasteiger partial charge on any atom is -0.324 e. The average Bonchev–Trinajstić information content (AvgIpc) is 3.02. The Bertz CT molecular complexity index is 704. The predicted molar refractivity (Wildman–Crippen MR) is 79.2 cm³/mol. The number of nitrogens with one attached hydrogen (secondary N) is 2. The first kappa shape index (κ1) is 13.1. The van der Waals surface area contributed by atoms with Crippen LogP contribution in [0.5, 0.6) is 0 Å². The molecular weight excluding hydrogens is 268 g/mol. The van der Waals surface area contributed by atoms with Gasteiger partial charge in [-0.25, -0.2) is 5.43 Å². The second-order valence-corrected chi connectivity index (χ2v) is 4.69. The molecule has 0 fully saturated rings. The standard InChI is InChI=1S/C15H14N4O2/c20-14-7-6-13(17-18-14)15(21)16-11-4-3-5-12(10-11)19-8-1-2-9-19/h1-5,8-10H,6-7H2,(H,16,21)(H,18,20). The maximum Gasteiger partial charge on any atom is 0.271 e. The zero-order chi connectivity index (χ0) is 14.7. The normalized spacial score (nSPS) is 14.3. The van der Waals surface area contributed by atoms with E-state index in [1.807, 2.05) is 53.4 Å². The third-order valence-corrected chi connectivity index (χ3v) is 3.17. The van der Waals surface area contributed by atoms with Gasteiger partial charge in [0.15, 0.2) is 0 Å². The van der Waals surface area contributed by atoms with Gasteiger partial charge >= 0.3 is 0 Å². The lowest BCUT2D eigenvalue weighted by Crippen LogP contribution is -2.32. The van der Waals surface area contributed by atoms with Crippen LogP contribution in [0.3, 0.4) is 0 Å². The van der Waals surface area contributed by atoms with Crippen molar-refractivity contribution < 1.29 is 9.59 Å². The first-order chi connectivity index (χ1) is 10.2. The number of rotatable bonds is 3. The van der Waals surface area contributed by atoms with Gasteiger partial charge in [-0.2, -0.15) is 5.10 Å². The van der Waals surface area contributed by atoms with Crippen LogP contribution >= 0.6 is 0 Å². The van der Waals surface area contributed by atoms with Gasteiger partial charge in [-0.1, -0.05) is 6.07 Å².